The molecule has 0 radical (unpaired) electrons. The molecular formula is C8H18N2O2. The van der Waals surface area contributed by atoms with Gasteiger partial charge in [-0.3, -0.25) is 0 Å². The van der Waals surface area contributed by atoms with Gasteiger partial charge in [0.05, 0.1) is 0 Å². The van der Waals surface area contributed by atoms with Gasteiger partial charge in [0.15, 0.2) is 0 Å². The Kier molecular flexibility index (Phi) is 3.46. The maximum atomic E-state index is 9.21. The third-order valence-electron chi connectivity index (χ3n) is 2.68. The second kappa shape index (κ2) is 4.18. The molecule has 0 amide bonds. The van der Waals surface area contributed by atoms with Crippen LogP contribution in [0.5, 0.6) is 0 Å². The minimum absolute atomic E-state index is 0.207. The van der Waals surface area contributed by atoms with E-state index in [4.69, 9.17) is 0 Å². The summed E-state index contributed by atoms with van der Waals surface area (Å²) in [5.41, 5.74) is 0. The molecule has 2 unspecified atom stereocenters. The molecule has 0 aromatic carbocycles. The Morgan fingerprint density at radius 2 is 1.42 bits per heavy atom. The van der Waals surface area contributed by atoms with E-state index in [-0.39, 0.29) is 12.1 Å². The van der Waals surface area contributed by atoms with E-state index in [1.54, 1.807) is 14.1 Å². The van der Waals surface area contributed by atoms with Crippen molar-refractivity contribution in [2.24, 2.45) is 0 Å². The van der Waals surface area contributed by atoms with Crippen molar-refractivity contribution in [2.75, 3.05) is 14.1 Å². The van der Waals surface area contributed by atoms with E-state index in [1.165, 1.54) is 10.1 Å². The zero-order chi connectivity index (χ0) is 9.14. The molecule has 2 atom stereocenters. The Labute approximate surface area is 73.3 Å². The first-order chi connectivity index (χ1) is 5.61. The molecule has 4 heteroatoms. The lowest BCUT2D eigenvalue weighted by molar-refractivity contribution is -0.151. The molecular weight excluding hydrogens is 156 g/mol. The van der Waals surface area contributed by atoms with Crippen molar-refractivity contribution < 1.29 is 10.4 Å². The fourth-order valence-corrected chi connectivity index (χ4v) is 1.82. The number of nitrogens with zero attached hydrogens (tertiary/aromatic N) is 2. The van der Waals surface area contributed by atoms with Gasteiger partial charge in [0.1, 0.15) is 0 Å². The monoisotopic (exact) mass is 174 g/mol. The second-order valence-electron chi connectivity index (χ2n) is 3.62. The molecule has 1 rings (SSSR count). The summed E-state index contributed by atoms with van der Waals surface area (Å²) < 4.78 is 0. The lowest BCUT2D eigenvalue weighted by Crippen LogP contribution is -2.41. The molecule has 4 nitrogen and oxygen atoms in total. The summed E-state index contributed by atoms with van der Waals surface area (Å²) in [6, 6.07) is 0.414. The zero-order valence-corrected chi connectivity index (χ0v) is 7.77. The van der Waals surface area contributed by atoms with Crippen molar-refractivity contribution in [3.8, 4) is 0 Å². The van der Waals surface area contributed by atoms with Gasteiger partial charge >= 0.3 is 0 Å². The number of rotatable bonds is 2. The lowest BCUT2D eigenvalue weighted by Gasteiger charge is -2.34. The van der Waals surface area contributed by atoms with Gasteiger partial charge in [0.2, 0.25) is 0 Å². The van der Waals surface area contributed by atoms with E-state index in [2.05, 4.69) is 0 Å². The molecule has 0 heterocycles. The first-order valence-corrected chi connectivity index (χ1v) is 4.44. The summed E-state index contributed by atoms with van der Waals surface area (Å²) >= 11 is 0. The summed E-state index contributed by atoms with van der Waals surface area (Å²) in [6.07, 6.45) is 3.97. The van der Waals surface area contributed by atoms with Gasteiger partial charge < -0.3 is 10.4 Å². The van der Waals surface area contributed by atoms with Crippen molar-refractivity contribution in [1.82, 2.24) is 10.1 Å². The van der Waals surface area contributed by atoms with Crippen LogP contribution in [0.3, 0.4) is 0 Å². The second-order valence-corrected chi connectivity index (χ2v) is 3.62. The summed E-state index contributed by atoms with van der Waals surface area (Å²) in [5, 5.41) is 20.9. The average molecular weight is 174 g/mol. The normalized spacial score (nSPS) is 31.5. The number of hydroxylamine groups is 4. The number of hydrogen-bond acceptors (Lipinski definition) is 4. The Morgan fingerprint density at radius 3 is 1.75 bits per heavy atom. The van der Waals surface area contributed by atoms with Crippen LogP contribution in [-0.2, 0) is 0 Å². The standard InChI is InChI=1S/C8H18N2O2/c1-9(11)7-4-3-5-8(6-7)10(2)12/h7-8,11-12H,3-6H2,1-2H3. The molecule has 1 saturated carbocycles. The minimum Gasteiger partial charge on any atom is -0.314 e. The Bertz CT molecular complexity index is 125. The minimum atomic E-state index is 0.207. The van der Waals surface area contributed by atoms with E-state index in [0.29, 0.717) is 0 Å². The predicted molar refractivity (Wildman–Crippen MR) is 45.1 cm³/mol. The van der Waals surface area contributed by atoms with E-state index in [9.17, 15) is 10.4 Å². The Morgan fingerprint density at radius 1 is 1.00 bits per heavy atom. The molecule has 1 aliphatic carbocycles. The van der Waals surface area contributed by atoms with Crippen molar-refractivity contribution >= 4 is 0 Å². The molecule has 0 spiro atoms. The van der Waals surface area contributed by atoms with Crippen molar-refractivity contribution in [3.63, 3.8) is 0 Å². The Hall–Kier alpha value is -0.160. The summed E-state index contributed by atoms with van der Waals surface area (Å²) in [6.45, 7) is 0. The SMILES string of the molecule is CN(O)C1CCCC(N(C)O)C1. The smallest absolute Gasteiger partial charge is 0.0362 e. The van der Waals surface area contributed by atoms with E-state index in [0.717, 1.165) is 25.7 Å². The molecule has 2 N–H and O–H groups in total. The van der Waals surface area contributed by atoms with Gasteiger partial charge in [-0.25, -0.2) is 0 Å². The quantitative estimate of drug-likeness (QED) is 0.612. The fraction of sp³-hybridized carbons (Fsp3) is 1.00. The van der Waals surface area contributed by atoms with Crippen LogP contribution >= 0.6 is 0 Å². The van der Waals surface area contributed by atoms with Gasteiger partial charge in [0.25, 0.3) is 0 Å². The highest BCUT2D eigenvalue weighted by molar-refractivity contribution is 4.79. The predicted octanol–water partition coefficient (Wildman–Crippen LogP) is 0.940. The van der Waals surface area contributed by atoms with Crippen molar-refractivity contribution in [3.05, 3.63) is 0 Å². The molecule has 0 aromatic heterocycles. The molecule has 0 bridgehead atoms. The number of hydrogen-bond donors (Lipinski definition) is 2. The zero-order valence-electron chi connectivity index (χ0n) is 7.77. The molecule has 0 saturated heterocycles. The maximum absolute atomic E-state index is 9.21. The van der Waals surface area contributed by atoms with Crippen LogP contribution in [0.4, 0.5) is 0 Å². The first kappa shape index (κ1) is 9.92. The molecule has 0 aromatic rings. The van der Waals surface area contributed by atoms with Crippen LogP contribution in [0.2, 0.25) is 0 Å². The van der Waals surface area contributed by atoms with Crippen molar-refractivity contribution in [1.29, 1.82) is 0 Å². The summed E-state index contributed by atoms with van der Waals surface area (Å²) in [7, 11) is 3.34. The van der Waals surface area contributed by atoms with E-state index in [1.807, 2.05) is 0 Å². The highest BCUT2D eigenvalue weighted by Crippen LogP contribution is 2.23. The average Bonchev–Trinajstić information content (AvgIpc) is 2.04. The van der Waals surface area contributed by atoms with Crippen LogP contribution in [-0.4, -0.2) is 46.7 Å². The fourth-order valence-electron chi connectivity index (χ4n) is 1.82. The van der Waals surface area contributed by atoms with Crippen LogP contribution in [0.25, 0.3) is 0 Å². The molecule has 1 aliphatic rings. The molecule has 72 valence electrons. The highest BCUT2D eigenvalue weighted by Gasteiger charge is 2.26. The van der Waals surface area contributed by atoms with Crippen LogP contribution in [0, 0.1) is 0 Å². The third-order valence-corrected chi connectivity index (χ3v) is 2.68. The highest BCUT2D eigenvalue weighted by atomic mass is 16.5. The topological polar surface area (TPSA) is 46.9 Å². The van der Waals surface area contributed by atoms with Gasteiger partial charge in [-0.2, -0.15) is 10.1 Å². The van der Waals surface area contributed by atoms with Gasteiger partial charge in [-0.1, -0.05) is 6.42 Å². The van der Waals surface area contributed by atoms with Gasteiger partial charge in [-0.05, 0) is 19.3 Å². The molecule has 1 fully saturated rings. The van der Waals surface area contributed by atoms with E-state index >= 15 is 0 Å². The largest absolute Gasteiger partial charge is 0.314 e. The Balaban J connectivity index is 2.40. The van der Waals surface area contributed by atoms with Crippen LogP contribution < -0.4 is 0 Å². The van der Waals surface area contributed by atoms with Crippen LogP contribution in [0.1, 0.15) is 25.7 Å². The molecule has 0 aliphatic heterocycles. The summed E-state index contributed by atoms with van der Waals surface area (Å²) in [4.78, 5) is 0. The third kappa shape index (κ3) is 2.42. The lowest BCUT2D eigenvalue weighted by atomic mass is 9.91. The molecule has 12 heavy (non-hydrogen) atoms. The maximum Gasteiger partial charge on any atom is 0.0362 e. The van der Waals surface area contributed by atoms with Crippen LogP contribution in [0.15, 0.2) is 0 Å². The van der Waals surface area contributed by atoms with Gasteiger partial charge in [-0.15, -0.1) is 0 Å². The van der Waals surface area contributed by atoms with Gasteiger partial charge in [0, 0.05) is 26.2 Å². The first-order valence-electron chi connectivity index (χ1n) is 4.44. The van der Waals surface area contributed by atoms with Crippen molar-refractivity contribution in [2.45, 2.75) is 37.8 Å². The summed E-state index contributed by atoms with van der Waals surface area (Å²) in [5.74, 6) is 0. The van der Waals surface area contributed by atoms with E-state index < -0.39 is 0 Å².